The summed E-state index contributed by atoms with van der Waals surface area (Å²) in [5.74, 6) is 0. The number of nitrogens with zero attached hydrogens (tertiary/aromatic N) is 2. The van der Waals surface area contributed by atoms with Crippen molar-refractivity contribution in [2.45, 2.75) is 22.8 Å². The lowest BCUT2D eigenvalue weighted by atomic mass is 10.1. The maximum absolute atomic E-state index is 6.40. The lowest BCUT2D eigenvalue weighted by molar-refractivity contribution is 0.196. The molecule has 1 heterocycles. The van der Waals surface area contributed by atoms with E-state index in [1.165, 1.54) is 16.1 Å². The largest absolute Gasteiger partial charge is 0.369 e. The fraction of sp³-hybridized carbons (Fsp3) is 0.250. The van der Waals surface area contributed by atoms with E-state index in [1.54, 1.807) is 11.8 Å². The number of para-hydroxylation sites is 1. The Morgan fingerprint density at radius 3 is 2.21 bits per heavy atom. The minimum Gasteiger partial charge on any atom is -0.369 e. The summed E-state index contributed by atoms with van der Waals surface area (Å²) in [5, 5.41) is 1.56. The first-order chi connectivity index (χ1) is 14.1. The van der Waals surface area contributed by atoms with Crippen molar-refractivity contribution in [3.8, 4) is 0 Å². The van der Waals surface area contributed by atoms with Crippen LogP contribution in [0.4, 0.5) is 5.69 Å². The molecule has 3 aromatic rings. The average Bonchev–Trinajstić information content (AvgIpc) is 2.77. The van der Waals surface area contributed by atoms with Gasteiger partial charge in [0.1, 0.15) is 0 Å². The first-order valence-corrected chi connectivity index (χ1v) is 11.4. The quantitative estimate of drug-likeness (QED) is 0.418. The molecule has 1 saturated heterocycles. The first kappa shape index (κ1) is 20.6. The summed E-state index contributed by atoms with van der Waals surface area (Å²) in [5.41, 5.74) is 2.56. The molecule has 0 bridgehead atoms. The van der Waals surface area contributed by atoms with Crippen molar-refractivity contribution in [2.24, 2.45) is 0 Å². The van der Waals surface area contributed by atoms with Crippen LogP contribution < -0.4 is 4.90 Å². The zero-order chi connectivity index (χ0) is 20.2. The van der Waals surface area contributed by atoms with Crippen molar-refractivity contribution >= 4 is 40.7 Å². The van der Waals surface area contributed by atoms with E-state index in [4.69, 9.17) is 23.2 Å². The zero-order valence-corrected chi connectivity index (χ0v) is 18.7. The molecular weight excluding hydrogens is 419 g/mol. The molecule has 0 spiro atoms. The monoisotopic (exact) mass is 442 g/mol. The van der Waals surface area contributed by atoms with Gasteiger partial charge in [-0.15, -0.1) is 0 Å². The molecule has 0 amide bonds. The second kappa shape index (κ2) is 9.44. The van der Waals surface area contributed by atoms with Gasteiger partial charge in [0.05, 0.1) is 5.02 Å². The minimum atomic E-state index is 0.289. The molecule has 0 saturated carbocycles. The molecule has 150 valence electrons. The van der Waals surface area contributed by atoms with Crippen molar-refractivity contribution in [1.29, 1.82) is 0 Å². The standard InChI is InChI=1S/C24H24Cl2N2S/c1-18(27-13-15-28(16-14-27)20-7-3-2-4-8-20)21-17-19(25)11-12-23(21)29-24-10-6-5-9-22(24)26/h2-12,17-18H,13-16H2,1H3. The molecule has 3 aromatic carbocycles. The molecule has 4 rings (SSSR count). The highest BCUT2D eigenvalue weighted by molar-refractivity contribution is 7.99. The van der Waals surface area contributed by atoms with E-state index in [0.717, 1.165) is 41.1 Å². The minimum absolute atomic E-state index is 0.289. The van der Waals surface area contributed by atoms with Crippen LogP contribution in [0.5, 0.6) is 0 Å². The summed E-state index contributed by atoms with van der Waals surface area (Å²) in [4.78, 5) is 7.28. The third-order valence-corrected chi connectivity index (χ3v) is 7.31. The number of hydrogen-bond acceptors (Lipinski definition) is 3. The number of rotatable bonds is 5. The van der Waals surface area contributed by atoms with Crippen molar-refractivity contribution in [3.63, 3.8) is 0 Å². The Bertz CT molecular complexity index is 956. The second-order valence-corrected chi connectivity index (χ2v) is 9.18. The van der Waals surface area contributed by atoms with Crippen molar-refractivity contribution in [1.82, 2.24) is 4.90 Å². The van der Waals surface area contributed by atoms with Crippen LogP contribution in [-0.2, 0) is 0 Å². The van der Waals surface area contributed by atoms with Crippen molar-refractivity contribution in [3.05, 3.63) is 88.4 Å². The molecule has 1 aliphatic rings. The van der Waals surface area contributed by atoms with Gasteiger partial charge in [-0.1, -0.05) is 65.3 Å². The Balaban J connectivity index is 1.51. The maximum atomic E-state index is 6.40. The smallest absolute Gasteiger partial charge is 0.0545 e. The Hall–Kier alpha value is -1.65. The summed E-state index contributed by atoms with van der Waals surface area (Å²) in [6.07, 6.45) is 0. The molecule has 0 radical (unpaired) electrons. The van der Waals surface area contributed by atoms with Gasteiger partial charge in [-0.05, 0) is 55.0 Å². The molecule has 2 nitrogen and oxygen atoms in total. The summed E-state index contributed by atoms with van der Waals surface area (Å²) in [6, 6.07) is 25.1. The van der Waals surface area contributed by atoms with Gasteiger partial charge in [-0.25, -0.2) is 0 Å². The lowest BCUT2D eigenvalue weighted by Gasteiger charge is -2.39. The van der Waals surface area contributed by atoms with E-state index >= 15 is 0 Å². The van der Waals surface area contributed by atoms with Crippen LogP contribution >= 0.6 is 35.0 Å². The Morgan fingerprint density at radius 2 is 1.48 bits per heavy atom. The molecule has 29 heavy (non-hydrogen) atoms. The first-order valence-electron chi connectivity index (χ1n) is 9.88. The van der Waals surface area contributed by atoms with Gasteiger partial charge in [0.2, 0.25) is 0 Å². The summed E-state index contributed by atoms with van der Waals surface area (Å²) in [7, 11) is 0. The number of halogens is 2. The molecule has 1 unspecified atom stereocenters. The highest BCUT2D eigenvalue weighted by Gasteiger charge is 2.24. The fourth-order valence-corrected chi connectivity index (χ4v) is 5.25. The third-order valence-electron chi connectivity index (χ3n) is 5.46. The normalized spacial score (nSPS) is 16.0. The summed E-state index contributed by atoms with van der Waals surface area (Å²) in [6.45, 7) is 6.39. The second-order valence-electron chi connectivity index (χ2n) is 7.25. The number of benzene rings is 3. The van der Waals surface area contributed by atoms with Crippen LogP contribution in [0, 0.1) is 0 Å². The van der Waals surface area contributed by atoms with E-state index in [0.29, 0.717) is 0 Å². The number of piperazine rings is 1. The van der Waals surface area contributed by atoms with Crippen molar-refractivity contribution < 1.29 is 0 Å². The van der Waals surface area contributed by atoms with Crippen LogP contribution in [-0.4, -0.2) is 31.1 Å². The Labute approximate surface area is 187 Å². The van der Waals surface area contributed by atoms with Crippen LogP contribution in [0.15, 0.2) is 82.6 Å². The van der Waals surface area contributed by atoms with Crippen LogP contribution in [0.2, 0.25) is 10.0 Å². The topological polar surface area (TPSA) is 6.48 Å². The Kier molecular flexibility index (Phi) is 6.71. The predicted octanol–water partition coefficient (Wildman–Crippen LogP) is 7.03. The number of anilines is 1. The Morgan fingerprint density at radius 1 is 0.793 bits per heavy atom. The van der Waals surface area contributed by atoms with E-state index in [9.17, 15) is 0 Å². The van der Waals surface area contributed by atoms with Gasteiger partial charge < -0.3 is 4.90 Å². The molecule has 1 aliphatic heterocycles. The van der Waals surface area contributed by atoms with Crippen LogP contribution in [0.25, 0.3) is 0 Å². The fourth-order valence-electron chi connectivity index (χ4n) is 3.79. The summed E-state index contributed by atoms with van der Waals surface area (Å²) >= 11 is 14.5. The van der Waals surface area contributed by atoms with Gasteiger partial charge in [0.15, 0.2) is 0 Å². The SMILES string of the molecule is CC(c1cc(Cl)ccc1Sc1ccccc1Cl)N1CCN(c2ccccc2)CC1. The van der Waals surface area contributed by atoms with E-state index in [2.05, 4.69) is 65.3 Å². The number of hydrogen-bond donors (Lipinski definition) is 0. The molecule has 1 atom stereocenters. The van der Waals surface area contributed by atoms with Gasteiger partial charge in [-0.3, -0.25) is 4.90 Å². The molecular formula is C24H24Cl2N2S. The predicted molar refractivity (Wildman–Crippen MR) is 126 cm³/mol. The lowest BCUT2D eigenvalue weighted by Crippen LogP contribution is -2.47. The van der Waals surface area contributed by atoms with Crippen molar-refractivity contribution in [2.75, 3.05) is 31.1 Å². The average molecular weight is 443 g/mol. The molecule has 1 fully saturated rings. The van der Waals surface area contributed by atoms with Crippen LogP contribution in [0.3, 0.4) is 0 Å². The van der Waals surface area contributed by atoms with Gasteiger partial charge in [-0.2, -0.15) is 0 Å². The van der Waals surface area contributed by atoms with Gasteiger partial charge in [0.25, 0.3) is 0 Å². The zero-order valence-electron chi connectivity index (χ0n) is 16.4. The molecule has 0 aliphatic carbocycles. The maximum Gasteiger partial charge on any atom is 0.0545 e. The highest BCUT2D eigenvalue weighted by Crippen LogP contribution is 2.39. The van der Waals surface area contributed by atoms with E-state index in [-0.39, 0.29) is 6.04 Å². The summed E-state index contributed by atoms with van der Waals surface area (Å²) < 4.78 is 0. The third kappa shape index (κ3) is 4.92. The van der Waals surface area contributed by atoms with Gasteiger partial charge in [0, 0.05) is 52.7 Å². The highest BCUT2D eigenvalue weighted by atomic mass is 35.5. The molecule has 0 aromatic heterocycles. The molecule has 5 heteroatoms. The van der Waals surface area contributed by atoms with Crippen LogP contribution in [0.1, 0.15) is 18.5 Å². The van der Waals surface area contributed by atoms with Gasteiger partial charge >= 0.3 is 0 Å². The van der Waals surface area contributed by atoms with E-state index in [1.807, 2.05) is 24.3 Å². The molecule has 0 N–H and O–H groups in total. The van der Waals surface area contributed by atoms with E-state index < -0.39 is 0 Å².